The molecule has 1 aromatic rings. The topological polar surface area (TPSA) is 29.1 Å². The minimum atomic E-state index is -0.157. The largest absolute Gasteiger partial charge is 0.351 e. The minimum Gasteiger partial charge on any atom is -0.351 e. The maximum Gasteiger partial charge on any atom is 0.224 e. The zero-order chi connectivity index (χ0) is 12.3. The molecule has 0 saturated heterocycles. The van der Waals surface area contributed by atoms with Gasteiger partial charge < -0.3 is 5.32 Å². The lowest BCUT2D eigenvalue weighted by Crippen LogP contribution is -2.41. The van der Waals surface area contributed by atoms with Gasteiger partial charge in [-0.2, -0.15) is 0 Å². The SMILES string of the molecule is Cc1ccc(CC(=O)NC(C)(C)C)c(C)c1. The Balaban J connectivity index is 2.70. The molecule has 0 atom stereocenters. The second kappa shape index (κ2) is 4.69. The first-order valence-electron chi connectivity index (χ1n) is 5.65. The summed E-state index contributed by atoms with van der Waals surface area (Å²) < 4.78 is 0. The van der Waals surface area contributed by atoms with Crippen molar-refractivity contribution < 1.29 is 4.79 Å². The van der Waals surface area contributed by atoms with Crippen molar-refractivity contribution in [3.05, 3.63) is 34.9 Å². The Morgan fingerprint density at radius 2 is 1.88 bits per heavy atom. The summed E-state index contributed by atoms with van der Waals surface area (Å²) in [6.07, 6.45) is 0.462. The van der Waals surface area contributed by atoms with E-state index in [1.54, 1.807) is 0 Å². The van der Waals surface area contributed by atoms with Gasteiger partial charge >= 0.3 is 0 Å². The van der Waals surface area contributed by atoms with Gasteiger partial charge in [-0.05, 0) is 45.7 Å². The van der Waals surface area contributed by atoms with E-state index in [9.17, 15) is 4.79 Å². The number of hydrogen-bond acceptors (Lipinski definition) is 1. The van der Waals surface area contributed by atoms with Crippen molar-refractivity contribution in [2.24, 2.45) is 0 Å². The van der Waals surface area contributed by atoms with Crippen molar-refractivity contribution in [1.29, 1.82) is 0 Å². The molecular formula is C14H21NO. The molecule has 2 nitrogen and oxygen atoms in total. The summed E-state index contributed by atoms with van der Waals surface area (Å²) in [6, 6.07) is 6.19. The van der Waals surface area contributed by atoms with Gasteiger partial charge in [0.25, 0.3) is 0 Å². The number of rotatable bonds is 2. The Labute approximate surface area is 98.1 Å². The Bertz CT molecular complexity index is 388. The molecule has 0 aliphatic carbocycles. The fraction of sp³-hybridized carbons (Fsp3) is 0.500. The van der Waals surface area contributed by atoms with Gasteiger partial charge in [0.2, 0.25) is 5.91 Å². The fourth-order valence-electron chi connectivity index (χ4n) is 1.68. The second-order valence-corrected chi connectivity index (χ2v) is 5.40. The van der Waals surface area contributed by atoms with Gasteiger partial charge in [-0.15, -0.1) is 0 Å². The fourth-order valence-corrected chi connectivity index (χ4v) is 1.68. The van der Waals surface area contributed by atoms with Gasteiger partial charge in [0.1, 0.15) is 0 Å². The number of hydrogen-bond donors (Lipinski definition) is 1. The van der Waals surface area contributed by atoms with Crippen LogP contribution in [0.4, 0.5) is 0 Å². The summed E-state index contributed by atoms with van der Waals surface area (Å²) in [5.41, 5.74) is 3.37. The number of aryl methyl sites for hydroxylation is 2. The van der Waals surface area contributed by atoms with Crippen LogP contribution in [0.1, 0.15) is 37.5 Å². The van der Waals surface area contributed by atoms with E-state index in [0.717, 1.165) is 5.56 Å². The van der Waals surface area contributed by atoms with Crippen LogP contribution in [-0.4, -0.2) is 11.4 Å². The van der Waals surface area contributed by atoms with Gasteiger partial charge in [-0.3, -0.25) is 4.79 Å². The molecule has 0 spiro atoms. The Morgan fingerprint density at radius 1 is 1.25 bits per heavy atom. The Morgan fingerprint density at radius 3 is 2.38 bits per heavy atom. The highest BCUT2D eigenvalue weighted by Gasteiger charge is 2.14. The summed E-state index contributed by atoms with van der Waals surface area (Å²) in [7, 11) is 0. The molecule has 1 aromatic carbocycles. The molecule has 0 aromatic heterocycles. The van der Waals surface area contributed by atoms with Gasteiger partial charge in [0.05, 0.1) is 6.42 Å². The van der Waals surface area contributed by atoms with Gasteiger partial charge in [0, 0.05) is 5.54 Å². The monoisotopic (exact) mass is 219 g/mol. The van der Waals surface area contributed by atoms with Crippen molar-refractivity contribution in [3.63, 3.8) is 0 Å². The highest BCUT2D eigenvalue weighted by Crippen LogP contribution is 2.11. The van der Waals surface area contributed by atoms with E-state index in [0.29, 0.717) is 6.42 Å². The number of carbonyl (C=O) groups excluding carboxylic acids is 1. The summed E-state index contributed by atoms with van der Waals surface area (Å²) in [5.74, 6) is 0.0828. The average molecular weight is 219 g/mol. The highest BCUT2D eigenvalue weighted by molar-refractivity contribution is 5.79. The first-order valence-corrected chi connectivity index (χ1v) is 5.65. The third-order valence-electron chi connectivity index (χ3n) is 2.36. The van der Waals surface area contributed by atoms with Crippen molar-refractivity contribution in [3.8, 4) is 0 Å². The van der Waals surface area contributed by atoms with Gasteiger partial charge in [-0.25, -0.2) is 0 Å². The summed E-state index contributed by atoms with van der Waals surface area (Å²) >= 11 is 0. The smallest absolute Gasteiger partial charge is 0.224 e. The Kier molecular flexibility index (Phi) is 3.74. The van der Waals surface area contributed by atoms with Crippen molar-refractivity contribution in [2.45, 2.75) is 46.6 Å². The highest BCUT2D eigenvalue weighted by atomic mass is 16.1. The first-order chi connectivity index (χ1) is 7.28. The third kappa shape index (κ3) is 4.05. The second-order valence-electron chi connectivity index (χ2n) is 5.40. The minimum absolute atomic E-state index is 0.0828. The van der Waals surface area contributed by atoms with E-state index in [1.165, 1.54) is 11.1 Å². The summed E-state index contributed by atoms with van der Waals surface area (Å²) in [4.78, 5) is 11.8. The number of nitrogens with one attached hydrogen (secondary N) is 1. The lowest BCUT2D eigenvalue weighted by Gasteiger charge is -2.20. The van der Waals surface area contributed by atoms with Crippen LogP contribution in [0.25, 0.3) is 0 Å². The van der Waals surface area contributed by atoms with Crippen LogP contribution in [0.15, 0.2) is 18.2 Å². The zero-order valence-corrected chi connectivity index (χ0v) is 10.8. The molecule has 0 unspecified atom stereocenters. The van der Waals surface area contributed by atoms with Crippen LogP contribution in [0.5, 0.6) is 0 Å². The van der Waals surface area contributed by atoms with Gasteiger partial charge in [0.15, 0.2) is 0 Å². The van der Waals surface area contributed by atoms with Crippen LogP contribution in [0.2, 0.25) is 0 Å². The van der Waals surface area contributed by atoms with E-state index < -0.39 is 0 Å². The van der Waals surface area contributed by atoms with Crippen LogP contribution >= 0.6 is 0 Å². The molecule has 0 aliphatic rings. The number of amides is 1. The molecule has 1 N–H and O–H groups in total. The predicted molar refractivity (Wildman–Crippen MR) is 67.5 cm³/mol. The van der Waals surface area contributed by atoms with E-state index in [1.807, 2.05) is 39.8 Å². The summed E-state index contributed by atoms with van der Waals surface area (Å²) in [6.45, 7) is 10.1. The quantitative estimate of drug-likeness (QED) is 0.814. The standard InChI is InChI=1S/C14H21NO/c1-10-6-7-12(11(2)8-10)9-13(16)15-14(3,4)5/h6-8H,9H2,1-5H3,(H,15,16). The normalized spacial score (nSPS) is 11.3. The van der Waals surface area contributed by atoms with E-state index in [-0.39, 0.29) is 11.4 Å². The molecule has 2 heteroatoms. The average Bonchev–Trinajstić information content (AvgIpc) is 2.06. The van der Waals surface area contributed by atoms with Crippen LogP contribution in [-0.2, 0) is 11.2 Å². The maximum atomic E-state index is 11.8. The summed E-state index contributed by atoms with van der Waals surface area (Å²) in [5, 5.41) is 2.97. The van der Waals surface area contributed by atoms with Crippen LogP contribution in [0, 0.1) is 13.8 Å². The first kappa shape index (κ1) is 12.8. The molecule has 0 aliphatic heterocycles. The van der Waals surface area contributed by atoms with E-state index in [2.05, 4.69) is 18.3 Å². The molecule has 1 rings (SSSR count). The maximum absolute atomic E-state index is 11.8. The molecule has 0 saturated carbocycles. The molecule has 0 heterocycles. The lowest BCUT2D eigenvalue weighted by molar-refractivity contribution is -0.121. The predicted octanol–water partition coefficient (Wildman–Crippen LogP) is 2.76. The molecule has 0 fully saturated rings. The van der Waals surface area contributed by atoms with Crippen molar-refractivity contribution in [2.75, 3.05) is 0 Å². The van der Waals surface area contributed by atoms with Crippen molar-refractivity contribution in [1.82, 2.24) is 5.32 Å². The van der Waals surface area contributed by atoms with Crippen LogP contribution in [0.3, 0.4) is 0 Å². The molecule has 1 amide bonds. The van der Waals surface area contributed by atoms with Crippen molar-refractivity contribution >= 4 is 5.91 Å². The van der Waals surface area contributed by atoms with Gasteiger partial charge in [-0.1, -0.05) is 23.8 Å². The zero-order valence-electron chi connectivity index (χ0n) is 10.8. The molecule has 0 radical (unpaired) electrons. The molecule has 0 bridgehead atoms. The third-order valence-corrected chi connectivity index (χ3v) is 2.36. The number of benzene rings is 1. The number of carbonyl (C=O) groups is 1. The molecular weight excluding hydrogens is 198 g/mol. The lowest BCUT2D eigenvalue weighted by atomic mass is 10.0. The molecule has 16 heavy (non-hydrogen) atoms. The molecule has 88 valence electrons. The van der Waals surface area contributed by atoms with E-state index >= 15 is 0 Å². The van der Waals surface area contributed by atoms with E-state index in [4.69, 9.17) is 0 Å². The van der Waals surface area contributed by atoms with Crippen LogP contribution < -0.4 is 5.32 Å². The Hall–Kier alpha value is -1.31.